The molecule has 0 radical (unpaired) electrons. The topological polar surface area (TPSA) is 48.2 Å². The average Bonchev–Trinajstić information content (AvgIpc) is 2.93. The van der Waals surface area contributed by atoms with Crippen molar-refractivity contribution in [2.45, 2.75) is 11.8 Å². The summed E-state index contributed by atoms with van der Waals surface area (Å²) in [6.07, 6.45) is 1.89. The van der Waals surface area contributed by atoms with Gasteiger partial charge in [0.2, 0.25) is 0 Å². The monoisotopic (exact) mass is 272 g/mol. The van der Waals surface area contributed by atoms with E-state index in [0.29, 0.717) is 11.1 Å². The molecule has 0 fully saturated rings. The van der Waals surface area contributed by atoms with Crippen LogP contribution in [0.2, 0.25) is 0 Å². The fraction of sp³-hybridized carbons (Fsp3) is 0.143. The van der Waals surface area contributed by atoms with E-state index in [-0.39, 0.29) is 6.61 Å². The van der Waals surface area contributed by atoms with Crippen molar-refractivity contribution in [2.75, 3.05) is 6.26 Å². The molecule has 0 spiro atoms. The highest BCUT2D eigenvalue weighted by atomic mass is 32.2. The van der Waals surface area contributed by atoms with Crippen molar-refractivity contribution >= 4 is 22.5 Å². The SMILES string of the molecule is CSc1nnc(COc2cccc3ccccc23)o1. The van der Waals surface area contributed by atoms with Gasteiger partial charge in [-0.1, -0.05) is 48.2 Å². The number of benzene rings is 2. The van der Waals surface area contributed by atoms with Crippen LogP contribution in [0.15, 0.2) is 52.1 Å². The van der Waals surface area contributed by atoms with E-state index < -0.39 is 0 Å². The Balaban J connectivity index is 1.81. The molecule has 0 aliphatic heterocycles. The zero-order chi connectivity index (χ0) is 13.1. The second-order valence-corrected chi connectivity index (χ2v) is 4.69. The third-order valence-corrected chi connectivity index (χ3v) is 3.24. The Bertz CT molecular complexity index is 691. The first kappa shape index (κ1) is 12.0. The van der Waals surface area contributed by atoms with Gasteiger partial charge in [0.25, 0.3) is 11.1 Å². The second kappa shape index (κ2) is 5.32. The lowest BCUT2D eigenvalue weighted by molar-refractivity contribution is 0.255. The van der Waals surface area contributed by atoms with E-state index in [9.17, 15) is 0 Å². The molecule has 3 aromatic rings. The number of nitrogens with zero attached hydrogens (tertiary/aromatic N) is 2. The predicted molar refractivity (Wildman–Crippen MR) is 74.4 cm³/mol. The quantitative estimate of drug-likeness (QED) is 0.680. The van der Waals surface area contributed by atoms with Crippen LogP contribution in [0.3, 0.4) is 0 Å². The molecule has 5 heteroatoms. The highest BCUT2D eigenvalue weighted by molar-refractivity contribution is 7.98. The molecule has 0 aliphatic rings. The van der Waals surface area contributed by atoms with E-state index in [0.717, 1.165) is 16.5 Å². The number of thioether (sulfide) groups is 1. The number of hydrogen-bond donors (Lipinski definition) is 0. The molecule has 4 nitrogen and oxygen atoms in total. The third-order valence-electron chi connectivity index (χ3n) is 2.72. The highest BCUT2D eigenvalue weighted by Crippen LogP contribution is 2.26. The first-order chi connectivity index (χ1) is 9.36. The van der Waals surface area contributed by atoms with Crippen LogP contribution in [-0.2, 0) is 6.61 Å². The maximum absolute atomic E-state index is 5.76. The molecule has 0 atom stereocenters. The number of hydrogen-bond acceptors (Lipinski definition) is 5. The fourth-order valence-corrected chi connectivity index (χ4v) is 2.14. The summed E-state index contributed by atoms with van der Waals surface area (Å²) in [4.78, 5) is 0. The summed E-state index contributed by atoms with van der Waals surface area (Å²) in [7, 11) is 0. The summed E-state index contributed by atoms with van der Waals surface area (Å²) in [5.74, 6) is 1.30. The minimum absolute atomic E-state index is 0.279. The summed E-state index contributed by atoms with van der Waals surface area (Å²) in [6.45, 7) is 0.279. The third kappa shape index (κ3) is 2.56. The maximum atomic E-state index is 5.76. The standard InChI is InChI=1S/C14H12N2O2S/c1-19-14-16-15-13(18-14)9-17-12-8-4-6-10-5-2-3-7-11(10)12/h2-8H,9H2,1H3. The van der Waals surface area contributed by atoms with Gasteiger partial charge in [-0.2, -0.15) is 0 Å². The minimum Gasteiger partial charge on any atom is -0.483 e. The second-order valence-electron chi connectivity index (χ2n) is 3.93. The summed E-state index contributed by atoms with van der Waals surface area (Å²) >= 11 is 1.42. The van der Waals surface area contributed by atoms with Crippen LogP contribution in [0.4, 0.5) is 0 Å². The van der Waals surface area contributed by atoms with Gasteiger partial charge in [-0.05, 0) is 17.7 Å². The van der Waals surface area contributed by atoms with Crippen molar-refractivity contribution in [3.63, 3.8) is 0 Å². The van der Waals surface area contributed by atoms with Crippen LogP contribution >= 0.6 is 11.8 Å². The van der Waals surface area contributed by atoms with Crippen LogP contribution in [0.1, 0.15) is 5.89 Å². The summed E-state index contributed by atoms with van der Waals surface area (Å²) in [5, 5.41) is 10.6. The molecule has 96 valence electrons. The Morgan fingerprint density at radius 3 is 2.79 bits per heavy atom. The van der Waals surface area contributed by atoms with E-state index in [1.807, 2.05) is 36.6 Å². The van der Waals surface area contributed by atoms with Crippen LogP contribution < -0.4 is 4.74 Å². The number of ether oxygens (including phenoxy) is 1. The largest absolute Gasteiger partial charge is 0.483 e. The van der Waals surface area contributed by atoms with Crippen molar-refractivity contribution in [3.8, 4) is 5.75 Å². The molecular formula is C14H12N2O2S. The molecule has 3 rings (SSSR count). The Kier molecular flexibility index (Phi) is 3.37. The van der Waals surface area contributed by atoms with Gasteiger partial charge >= 0.3 is 0 Å². The first-order valence-corrected chi connectivity index (χ1v) is 7.06. The number of aromatic nitrogens is 2. The number of fused-ring (bicyclic) bond motifs is 1. The summed E-state index contributed by atoms with van der Waals surface area (Å²) in [5.41, 5.74) is 0. The van der Waals surface area contributed by atoms with Crippen LogP contribution in [0, 0.1) is 0 Å². The summed E-state index contributed by atoms with van der Waals surface area (Å²) in [6, 6.07) is 14.1. The van der Waals surface area contributed by atoms with Gasteiger partial charge < -0.3 is 9.15 Å². The Morgan fingerprint density at radius 2 is 1.95 bits per heavy atom. The van der Waals surface area contributed by atoms with Gasteiger partial charge in [0, 0.05) is 5.39 Å². The van der Waals surface area contributed by atoms with Gasteiger partial charge in [0.15, 0.2) is 6.61 Å². The van der Waals surface area contributed by atoms with Crippen LogP contribution in [-0.4, -0.2) is 16.5 Å². The van der Waals surface area contributed by atoms with Gasteiger partial charge in [0.05, 0.1) is 0 Å². The smallest absolute Gasteiger partial charge is 0.276 e. The zero-order valence-corrected chi connectivity index (χ0v) is 11.2. The average molecular weight is 272 g/mol. The fourth-order valence-electron chi connectivity index (χ4n) is 1.84. The minimum atomic E-state index is 0.279. The molecule has 2 aromatic carbocycles. The van der Waals surface area contributed by atoms with Gasteiger partial charge in [-0.3, -0.25) is 0 Å². The lowest BCUT2D eigenvalue weighted by Gasteiger charge is -2.06. The van der Waals surface area contributed by atoms with Gasteiger partial charge in [-0.25, -0.2) is 0 Å². The van der Waals surface area contributed by atoms with E-state index in [2.05, 4.69) is 22.3 Å². The predicted octanol–water partition coefficient (Wildman–Crippen LogP) is 3.52. The molecule has 19 heavy (non-hydrogen) atoms. The van der Waals surface area contributed by atoms with E-state index >= 15 is 0 Å². The van der Waals surface area contributed by atoms with E-state index in [1.54, 1.807) is 0 Å². The van der Waals surface area contributed by atoms with Crippen LogP contribution in [0.5, 0.6) is 5.75 Å². The summed E-state index contributed by atoms with van der Waals surface area (Å²) < 4.78 is 11.1. The number of rotatable bonds is 4. The van der Waals surface area contributed by atoms with Crippen molar-refractivity contribution in [2.24, 2.45) is 0 Å². The van der Waals surface area contributed by atoms with Gasteiger partial charge in [0.1, 0.15) is 5.75 Å². The molecule has 0 saturated heterocycles. The van der Waals surface area contributed by atoms with E-state index in [4.69, 9.17) is 9.15 Å². The molecule has 0 bridgehead atoms. The van der Waals surface area contributed by atoms with Crippen molar-refractivity contribution in [1.29, 1.82) is 0 Å². The Labute approximate surface area is 114 Å². The normalized spacial score (nSPS) is 10.8. The van der Waals surface area contributed by atoms with Crippen molar-refractivity contribution < 1.29 is 9.15 Å². The molecule has 0 N–H and O–H groups in total. The first-order valence-electron chi connectivity index (χ1n) is 5.84. The lowest BCUT2D eigenvalue weighted by atomic mass is 10.1. The van der Waals surface area contributed by atoms with Crippen molar-refractivity contribution in [3.05, 3.63) is 48.4 Å². The van der Waals surface area contributed by atoms with Crippen molar-refractivity contribution in [1.82, 2.24) is 10.2 Å². The zero-order valence-electron chi connectivity index (χ0n) is 10.4. The molecule has 1 heterocycles. The molecule has 0 unspecified atom stereocenters. The Hall–Kier alpha value is -2.01. The Morgan fingerprint density at radius 1 is 1.11 bits per heavy atom. The maximum Gasteiger partial charge on any atom is 0.276 e. The van der Waals surface area contributed by atoms with Crippen LogP contribution in [0.25, 0.3) is 10.8 Å². The molecule has 0 aliphatic carbocycles. The van der Waals surface area contributed by atoms with E-state index in [1.165, 1.54) is 11.8 Å². The van der Waals surface area contributed by atoms with Gasteiger partial charge in [-0.15, -0.1) is 10.2 Å². The molecular weight excluding hydrogens is 260 g/mol. The molecule has 0 saturated carbocycles. The molecule has 1 aromatic heterocycles. The highest BCUT2D eigenvalue weighted by Gasteiger charge is 2.07. The lowest BCUT2D eigenvalue weighted by Crippen LogP contribution is -1.96. The molecule has 0 amide bonds.